The average Bonchev–Trinajstić information content (AvgIpc) is 1.97. The second kappa shape index (κ2) is 8.79. The second-order valence-electron chi connectivity index (χ2n) is 1.85. The molecule has 0 amide bonds. The summed E-state index contributed by atoms with van der Waals surface area (Å²) in [6.45, 7) is 4.07. The van der Waals surface area contributed by atoms with E-state index in [-0.39, 0.29) is 0 Å². The van der Waals surface area contributed by atoms with Crippen molar-refractivity contribution in [3.8, 4) is 0 Å². The van der Waals surface area contributed by atoms with Crippen LogP contribution in [0.5, 0.6) is 0 Å². The first-order chi connectivity index (χ1) is 4.91. The molecule has 0 aliphatic heterocycles. The second-order valence-corrected chi connectivity index (χ2v) is 2.21. The molecule has 0 spiro atoms. The van der Waals surface area contributed by atoms with E-state index < -0.39 is 0 Å². The number of hydrogen-bond acceptors (Lipinski definition) is 2. The van der Waals surface area contributed by atoms with Gasteiger partial charge in [-0.05, 0) is 6.54 Å². The number of likely N-dealkylation sites (N-methyl/N-ethyl adjacent to an activating group) is 1. The fourth-order valence-corrected chi connectivity index (χ4v) is 0.635. The zero-order valence-electron chi connectivity index (χ0n) is 6.38. The van der Waals surface area contributed by atoms with Crippen molar-refractivity contribution >= 4 is 12.6 Å². The van der Waals surface area contributed by atoms with E-state index in [1.54, 1.807) is 0 Å². The molecule has 0 atom stereocenters. The van der Waals surface area contributed by atoms with E-state index >= 15 is 0 Å². The molecule has 0 fully saturated rings. The van der Waals surface area contributed by atoms with Crippen LogP contribution in [0.4, 0.5) is 0 Å². The monoisotopic (exact) mass is 157 g/mol. The van der Waals surface area contributed by atoms with Gasteiger partial charge in [-0.1, -0.05) is 31.2 Å². The van der Waals surface area contributed by atoms with Gasteiger partial charge in [0.1, 0.15) is 0 Å². The molecule has 1 nitrogen and oxygen atoms in total. The zero-order chi connectivity index (χ0) is 7.66. The minimum atomic E-state index is 0.811. The molecule has 0 saturated carbocycles. The van der Waals surface area contributed by atoms with Crippen molar-refractivity contribution in [2.75, 3.05) is 18.8 Å². The normalized spacial score (nSPS) is 11.8. The quantitative estimate of drug-likeness (QED) is 0.351. The molecule has 0 bridgehead atoms. The highest BCUT2D eigenvalue weighted by molar-refractivity contribution is 7.80. The maximum absolute atomic E-state index is 4.03. The predicted octanol–water partition coefficient (Wildman–Crippen LogP) is 1.64. The minimum Gasteiger partial charge on any atom is -0.314 e. The molecule has 0 aromatic rings. The van der Waals surface area contributed by atoms with Gasteiger partial charge < -0.3 is 5.32 Å². The van der Waals surface area contributed by atoms with Crippen LogP contribution >= 0.6 is 12.6 Å². The maximum Gasteiger partial charge on any atom is 0.0137 e. The molecular formula is C8H15NS. The highest BCUT2D eigenvalue weighted by Crippen LogP contribution is 1.79. The summed E-state index contributed by atoms with van der Waals surface area (Å²) in [5, 5.41) is 3.19. The molecule has 0 unspecified atom stereocenters. The molecule has 0 radical (unpaired) electrons. The van der Waals surface area contributed by atoms with Crippen LogP contribution in [0, 0.1) is 0 Å². The molecule has 0 rings (SSSR count). The van der Waals surface area contributed by atoms with Crippen LogP contribution < -0.4 is 5.32 Å². The van der Waals surface area contributed by atoms with Gasteiger partial charge in [-0.2, -0.15) is 12.6 Å². The lowest BCUT2D eigenvalue weighted by atomic mass is 10.4. The largest absolute Gasteiger partial charge is 0.314 e. The smallest absolute Gasteiger partial charge is 0.0137 e. The van der Waals surface area contributed by atoms with E-state index in [1.165, 1.54) is 0 Å². The Labute approximate surface area is 68.6 Å². The maximum atomic E-state index is 4.03. The van der Waals surface area contributed by atoms with Crippen molar-refractivity contribution in [1.29, 1.82) is 0 Å². The Morgan fingerprint density at radius 1 is 1.30 bits per heavy atom. The summed E-state index contributed by atoms with van der Waals surface area (Å²) in [4.78, 5) is 0. The van der Waals surface area contributed by atoms with Gasteiger partial charge in [-0.25, -0.2) is 0 Å². The molecule has 0 aliphatic carbocycles. The Balaban J connectivity index is 3.11. The van der Waals surface area contributed by atoms with E-state index in [9.17, 15) is 0 Å². The summed E-state index contributed by atoms with van der Waals surface area (Å²) >= 11 is 4.03. The van der Waals surface area contributed by atoms with Gasteiger partial charge in [-0.3, -0.25) is 0 Å². The van der Waals surface area contributed by atoms with Crippen LogP contribution in [0.2, 0.25) is 0 Å². The van der Waals surface area contributed by atoms with Crippen LogP contribution in [0.1, 0.15) is 6.92 Å². The van der Waals surface area contributed by atoms with Crippen molar-refractivity contribution in [3.05, 3.63) is 24.3 Å². The van der Waals surface area contributed by atoms with Gasteiger partial charge in [0.2, 0.25) is 0 Å². The van der Waals surface area contributed by atoms with Crippen molar-refractivity contribution in [3.63, 3.8) is 0 Å². The Hall–Kier alpha value is -0.210. The minimum absolute atomic E-state index is 0.811. The van der Waals surface area contributed by atoms with Gasteiger partial charge in [0.05, 0.1) is 0 Å². The lowest BCUT2D eigenvalue weighted by Gasteiger charge is -1.90. The van der Waals surface area contributed by atoms with Crippen LogP contribution in [-0.2, 0) is 0 Å². The van der Waals surface area contributed by atoms with Crippen LogP contribution in [0.15, 0.2) is 24.3 Å². The van der Waals surface area contributed by atoms with Gasteiger partial charge in [0.25, 0.3) is 0 Å². The molecule has 0 aliphatic rings. The first kappa shape index (κ1) is 9.79. The zero-order valence-corrected chi connectivity index (χ0v) is 7.27. The SMILES string of the molecule is CCNC/C=C\C=C/CS. The van der Waals surface area contributed by atoms with E-state index in [1.807, 2.05) is 18.2 Å². The fraction of sp³-hybridized carbons (Fsp3) is 0.500. The molecule has 0 aromatic carbocycles. The Bertz CT molecular complexity index is 108. The predicted molar refractivity (Wildman–Crippen MR) is 50.7 cm³/mol. The lowest BCUT2D eigenvalue weighted by molar-refractivity contribution is 0.799. The third kappa shape index (κ3) is 7.79. The number of rotatable bonds is 5. The van der Waals surface area contributed by atoms with E-state index in [4.69, 9.17) is 0 Å². The van der Waals surface area contributed by atoms with Gasteiger partial charge >= 0.3 is 0 Å². The van der Waals surface area contributed by atoms with Crippen LogP contribution in [0.3, 0.4) is 0 Å². The molecule has 58 valence electrons. The first-order valence-corrected chi connectivity index (χ1v) is 4.18. The van der Waals surface area contributed by atoms with E-state index in [0.29, 0.717) is 0 Å². The van der Waals surface area contributed by atoms with Gasteiger partial charge in [0.15, 0.2) is 0 Å². The molecule has 0 aromatic heterocycles. The molecular weight excluding hydrogens is 142 g/mol. The molecule has 0 heterocycles. The third-order valence-corrected chi connectivity index (χ3v) is 1.21. The van der Waals surface area contributed by atoms with Crippen LogP contribution in [-0.4, -0.2) is 18.8 Å². The van der Waals surface area contributed by atoms with E-state index in [0.717, 1.165) is 18.8 Å². The highest BCUT2D eigenvalue weighted by atomic mass is 32.1. The molecule has 0 saturated heterocycles. The highest BCUT2D eigenvalue weighted by Gasteiger charge is 1.71. The molecule has 1 N–H and O–H groups in total. The van der Waals surface area contributed by atoms with Gasteiger partial charge in [-0.15, -0.1) is 0 Å². The number of thiol groups is 1. The summed E-state index contributed by atoms with van der Waals surface area (Å²) in [7, 11) is 0. The molecule has 2 heteroatoms. The Morgan fingerprint density at radius 3 is 2.60 bits per heavy atom. The summed E-state index contributed by atoms with van der Waals surface area (Å²) < 4.78 is 0. The fourth-order valence-electron chi connectivity index (χ4n) is 0.514. The molecule has 10 heavy (non-hydrogen) atoms. The number of nitrogens with one attached hydrogen (secondary N) is 1. The van der Waals surface area contributed by atoms with E-state index in [2.05, 4.69) is 30.9 Å². The summed E-state index contributed by atoms with van der Waals surface area (Å²) in [6.07, 6.45) is 8.12. The third-order valence-electron chi connectivity index (χ3n) is 1.00. The van der Waals surface area contributed by atoms with Gasteiger partial charge in [0, 0.05) is 12.3 Å². The average molecular weight is 157 g/mol. The number of hydrogen-bond donors (Lipinski definition) is 2. The van der Waals surface area contributed by atoms with Crippen molar-refractivity contribution in [1.82, 2.24) is 5.32 Å². The van der Waals surface area contributed by atoms with Crippen molar-refractivity contribution in [2.45, 2.75) is 6.92 Å². The lowest BCUT2D eigenvalue weighted by Crippen LogP contribution is -2.11. The Kier molecular flexibility index (Phi) is 8.61. The van der Waals surface area contributed by atoms with Crippen molar-refractivity contribution in [2.24, 2.45) is 0 Å². The summed E-state index contributed by atoms with van der Waals surface area (Å²) in [6, 6.07) is 0. The van der Waals surface area contributed by atoms with Crippen LogP contribution in [0.25, 0.3) is 0 Å². The summed E-state index contributed by atoms with van der Waals surface area (Å²) in [5.41, 5.74) is 0. The Morgan fingerprint density at radius 2 is 2.00 bits per heavy atom. The topological polar surface area (TPSA) is 12.0 Å². The standard InChI is InChI=1S/C8H15NS/c1-2-9-7-5-3-4-6-8-10/h3-6,9-10H,2,7-8H2,1H3/b5-3-,6-4-. The number of allylic oxidation sites excluding steroid dienone is 2. The first-order valence-electron chi connectivity index (χ1n) is 3.55. The van der Waals surface area contributed by atoms with Crippen molar-refractivity contribution < 1.29 is 0 Å². The summed E-state index contributed by atoms with van der Waals surface area (Å²) in [5.74, 6) is 0.811.